The lowest BCUT2D eigenvalue weighted by molar-refractivity contribution is -0.0681. The highest BCUT2D eigenvalue weighted by Crippen LogP contribution is 2.46. The number of rotatable bonds is 29. The van der Waals surface area contributed by atoms with Crippen molar-refractivity contribution in [1.29, 1.82) is 5.26 Å². The third-order valence-electron chi connectivity index (χ3n) is 10.6. The molecule has 1 saturated heterocycles. The largest absolute Gasteiger partial charge is 0.472 e. The smallest absolute Gasteiger partial charge is 0.387 e. The van der Waals surface area contributed by atoms with Crippen molar-refractivity contribution < 1.29 is 42.9 Å². The van der Waals surface area contributed by atoms with Crippen molar-refractivity contribution in [2.45, 2.75) is 153 Å². The van der Waals surface area contributed by atoms with Gasteiger partial charge in [0, 0.05) is 11.6 Å². The molecule has 0 spiro atoms. The van der Waals surface area contributed by atoms with E-state index in [0.717, 1.165) is 19.3 Å². The standard InChI is InChI=1S/C43H62ClN4O9P/c1-4-6-7-8-9-10-11-12-13-14-15-16-17-18-19-20-25-53-29-36(54-28-35-22-21-34(27-45)26-37(35)44)30-55-58(51,52)56-31-39-41(49)42(50)43(5-2,57-39)40-24-23-38-33(3)46-32-47-48(38)40/h2,21-24,26,32,36,39,41-42,49-50H,4,6-20,25,28-31H2,1,3H3,(H,51,52)/t36-,39-,41-,42-,43+/m1/s1. The zero-order chi connectivity index (χ0) is 41.8. The number of aryl methyl sites for hydroxylation is 1. The Kier molecular flexibility index (Phi) is 20.6. The van der Waals surface area contributed by atoms with Crippen molar-refractivity contribution >= 4 is 24.9 Å². The number of ether oxygens (including phenoxy) is 3. The number of fused-ring (bicyclic) bond motifs is 1. The van der Waals surface area contributed by atoms with E-state index >= 15 is 0 Å². The number of aromatic nitrogens is 3. The van der Waals surface area contributed by atoms with E-state index in [1.165, 1.54) is 100 Å². The number of terminal acetylenes is 1. The number of halogens is 1. The molecule has 1 aromatic carbocycles. The molecule has 0 saturated carbocycles. The zero-order valence-electron chi connectivity index (χ0n) is 34.1. The molecule has 13 nitrogen and oxygen atoms in total. The van der Waals surface area contributed by atoms with E-state index in [1.807, 2.05) is 6.07 Å². The van der Waals surface area contributed by atoms with Crippen LogP contribution in [0.2, 0.25) is 5.02 Å². The van der Waals surface area contributed by atoms with Gasteiger partial charge in [-0.25, -0.2) is 14.1 Å². The predicted molar refractivity (Wildman–Crippen MR) is 222 cm³/mol. The first-order chi connectivity index (χ1) is 28.0. The van der Waals surface area contributed by atoms with Gasteiger partial charge in [0.2, 0.25) is 0 Å². The molecule has 4 rings (SSSR count). The Morgan fingerprint density at radius 3 is 2.21 bits per heavy atom. The van der Waals surface area contributed by atoms with E-state index in [2.05, 4.69) is 22.9 Å². The fraction of sp³-hybridized carbons (Fsp3) is 0.651. The lowest BCUT2D eigenvalue weighted by Crippen LogP contribution is -2.41. The fourth-order valence-electron chi connectivity index (χ4n) is 7.13. The average Bonchev–Trinajstić information content (AvgIpc) is 3.77. The van der Waals surface area contributed by atoms with Gasteiger partial charge in [0.05, 0.1) is 55.0 Å². The van der Waals surface area contributed by atoms with Gasteiger partial charge in [-0.05, 0) is 43.2 Å². The third-order valence-corrected chi connectivity index (χ3v) is 11.9. The normalized spacial score (nSPS) is 20.9. The van der Waals surface area contributed by atoms with Crippen LogP contribution in [0.3, 0.4) is 0 Å². The summed E-state index contributed by atoms with van der Waals surface area (Å²) in [5.74, 6) is 2.45. The molecule has 3 heterocycles. The maximum absolute atomic E-state index is 13.1. The van der Waals surface area contributed by atoms with Gasteiger partial charge in [0.15, 0.2) is 5.60 Å². The van der Waals surface area contributed by atoms with E-state index in [9.17, 15) is 24.9 Å². The molecule has 6 atom stereocenters. The minimum atomic E-state index is -4.74. The molecule has 2 aromatic heterocycles. The van der Waals surface area contributed by atoms with E-state index in [0.29, 0.717) is 34.0 Å². The summed E-state index contributed by atoms with van der Waals surface area (Å²) in [6.45, 7) is 3.63. The van der Waals surface area contributed by atoms with Crippen molar-refractivity contribution in [3.8, 4) is 18.4 Å². The number of aliphatic hydroxyl groups is 2. The highest BCUT2D eigenvalue weighted by atomic mass is 35.5. The van der Waals surface area contributed by atoms with E-state index in [1.54, 1.807) is 31.2 Å². The number of aliphatic hydroxyl groups excluding tert-OH is 2. The van der Waals surface area contributed by atoms with Crippen LogP contribution in [0, 0.1) is 30.6 Å². The summed E-state index contributed by atoms with van der Waals surface area (Å²) in [6.07, 6.45) is 22.3. The Morgan fingerprint density at radius 2 is 1.60 bits per heavy atom. The van der Waals surface area contributed by atoms with Gasteiger partial charge in [-0.1, -0.05) is 127 Å². The van der Waals surface area contributed by atoms with Crippen LogP contribution < -0.4 is 0 Å². The van der Waals surface area contributed by atoms with Crippen LogP contribution in [0.15, 0.2) is 36.7 Å². The molecular weight excluding hydrogens is 783 g/mol. The summed E-state index contributed by atoms with van der Waals surface area (Å²) in [6, 6.07) is 10.2. The number of phosphoric acid groups is 1. The second-order valence-electron chi connectivity index (χ2n) is 15.1. The molecule has 15 heteroatoms. The molecule has 0 radical (unpaired) electrons. The fourth-order valence-corrected chi connectivity index (χ4v) is 8.13. The second-order valence-corrected chi connectivity index (χ2v) is 17.0. The molecule has 0 bridgehead atoms. The van der Waals surface area contributed by atoms with Gasteiger partial charge >= 0.3 is 7.82 Å². The molecule has 1 fully saturated rings. The van der Waals surface area contributed by atoms with Crippen LogP contribution in [0.5, 0.6) is 0 Å². The molecule has 3 N–H and O–H groups in total. The summed E-state index contributed by atoms with van der Waals surface area (Å²) in [5, 5.41) is 35.7. The minimum Gasteiger partial charge on any atom is -0.387 e. The molecule has 1 aliphatic rings. The quantitative estimate of drug-likeness (QED) is 0.0345. The number of hydrogen-bond acceptors (Lipinski definition) is 11. The van der Waals surface area contributed by atoms with Crippen LogP contribution in [0.1, 0.15) is 132 Å². The summed E-state index contributed by atoms with van der Waals surface area (Å²) >= 11 is 6.36. The van der Waals surface area contributed by atoms with Gasteiger partial charge in [-0.2, -0.15) is 10.4 Å². The van der Waals surface area contributed by atoms with Crippen molar-refractivity contribution in [3.05, 3.63) is 64.2 Å². The zero-order valence-corrected chi connectivity index (χ0v) is 35.8. The molecule has 3 aromatic rings. The number of benzene rings is 1. The van der Waals surface area contributed by atoms with Gasteiger partial charge < -0.3 is 29.3 Å². The highest BCUT2D eigenvalue weighted by molar-refractivity contribution is 7.47. The van der Waals surface area contributed by atoms with Crippen molar-refractivity contribution in [1.82, 2.24) is 14.6 Å². The summed E-state index contributed by atoms with van der Waals surface area (Å²) in [7, 11) is -4.74. The number of hydrogen-bond donors (Lipinski definition) is 3. The second kappa shape index (κ2) is 25.0. The van der Waals surface area contributed by atoms with Crippen LogP contribution in [0.25, 0.3) is 5.52 Å². The molecule has 58 heavy (non-hydrogen) atoms. The van der Waals surface area contributed by atoms with Gasteiger partial charge in [0.1, 0.15) is 30.7 Å². The Labute approximate surface area is 349 Å². The summed E-state index contributed by atoms with van der Waals surface area (Å²) in [5.41, 5.74) is 0.742. The Hall–Kier alpha value is -2.91. The average molecular weight is 845 g/mol. The lowest BCUT2D eigenvalue weighted by Gasteiger charge is -2.26. The van der Waals surface area contributed by atoms with Crippen molar-refractivity contribution in [2.24, 2.45) is 0 Å². The number of nitriles is 1. The molecule has 1 unspecified atom stereocenters. The number of phosphoric ester groups is 1. The van der Waals surface area contributed by atoms with Crippen LogP contribution >= 0.6 is 19.4 Å². The number of unbranched alkanes of at least 4 members (excludes halogenated alkanes) is 15. The molecule has 0 aliphatic carbocycles. The van der Waals surface area contributed by atoms with Gasteiger partial charge in [-0.15, -0.1) is 6.42 Å². The Balaban J connectivity index is 1.20. The Morgan fingerprint density at radius 1 is 0.966 bits per heavy atom. The van der Waals surface area contributed by atoms with Crippen LogP contribution in [0.4, 0.5) is 0 Å². The minimum absolute atomic E-state index is 0.0323. The van der Waals surface area contributed by atoms with E-state index in [4.69, 9.17) is 41.3 Å². The lowest BCUT2D eigenvalue weighted by atomic mass is 9.92. The van der Waals surface area contributed by atoms with Crippen LogP contribution in [-0.2, 0) is 40.0 Å². The summed E-state index contributed by atoms with van der Waals surface area (Å²) < 4.78 is 43.0. The van der Waals surface area contributed by atoms with Crippen molar-refractivity contribution in [2.75, 3.05) is 26.4 Å². The van der Waals surface area contributed by atoms with Gasteiger partial charge in [-0.3, -0.25) is 9.05 Å². The highest BCUT2D eigenvalue weighted by Gasteiger charge is 2.56. The number of nitrogens with zero attached hydrogens (tertiary/aromatic N) is 4. The van der Waals surface area contributed by atoms with E-state index < -0.39 is 44.4 Å². The maximum atomic E-state index is 13.1. The predicted octanol–water partition coefficient (Wildman–Crippen LogP) is 8.51. The first-order valence-corrected chi connectivity index (χ1v) is 22.7. The van der Waals surface area contributed by atoms with Crippen LogP contribution in [-0.4, -0.2) is 80.5 Å². The topological polar surface area (TPSA) is 178 Å². The van der Waals surface area contributed by atoms with E-state index in [-0.39, 0.29) is 25.5 Å². The summed E-state index contributed by atoms with van der Waals surface area (Å²) in [4.78, 5) is 14.8. The molecular formula is C43H62ClN4O9P. The first kappa shape index (κ1) is 47.8. The molecule has 0 amide bonds. The first-order valence-electron chi connectivity index (χ1n) is 20.9. The van der Waals surface area contributed by atoms with Crippen molar-refractivity contribution in [3.63, 3.8) is 0 Å². The third kappa shape index (κ3) is 14.4. The molecule has 1 aliphatic heterocycles. The monoisotopic (exact) mass is 844 g/mol. The molecule has 320 valence electrons. The van der Waals surface area contributed by atoms with Gasteiger partial charge in [0.25, 0.3) is 0 Å². The maximum Gasteiger partial charge on any atom is 0.472 e. The SMILES string of the molecule is C#C[C@@]1(c2ccc3c(C)ncnn23)O[C@H](COP(=O)(O)OC[C@@H](COCCCCCCCCCCCCCCCCCC)OCc2ccc(C#N)cc2Cl)[C@@H](O)[C@H]1O. The Bertz CT molecular complexity index is 1820.